The molecule has 0 fully saturated rings. The first kappa shape index (κ1) is 21.4. The van der Waals surface area contributed by atoms with Crippen LogP contribution in [0.2, 0.25) is 5.02 Å². The molecule has 2 amide bonds. The summed E-state index contributed by atoms with van der Waals surface area (Å²) >= 11 is 5.95. The second-order valence-corrected chi connectivity index (χ2v) is 6.27. The van der Waals surface area contributed by atoms with Crippen molar-refractivity contribution in [1.29, 1.82) is 0 Å². The highest BCUT2D eigenvalue weighted by Crippen LogP contribution is 2.23. The fourth-order valence-corrected chi connectivity index (χ4v) is 2.57. The number of benzene rings is 2. The summed E-state index contributed by atoms with van der Waals surface area (Å²) in [6.45, 7) is 4.05. The van der Waals surface area contributed by atoms with Crippen molar-refractivity contribution in [2.45, 2.75) is 26.4 Å². The van der Waals surface area contributed by atoms with Gasteiger partial charge in [-0.05, 0) is 56.3 Å². The number of carbonyl (C=O) groups excluding carboxylic acids is 2. The van der Waals surface area contributed by atoms with Gasteiger partial charge in [0.25, 0.3) is 5.91 Å². The quantitative estimate of drug-likeness (QED) is 0.658. The van der Waals surface area contributed by atoms with E-state index in [1.807, 2.05) is 6.92 Å². The van der Waals surface area contributed by atoms with Crippen LogP contribution in [0.25, 0.3) is 0 Å². The molecular formula is C20H23ClN2O5. The third kappa shape index (κ3) is 6.35. The van der Waals surface area contributed by atoms with Crippen LogP contribution >= 0.6 is 11.6 Å². The molecule has 0 aromatic heterocycles. The van der Waals surface area contributed by atoms with Crippen LogP contribution in [0.1, 0.15) is 19.4 Å². The Kier molecular flexibility index (Phi) is 7.95. The highest BCUT2D eigenvalue weighted by Gasteiger charge is 2.16. The van der Waals surface area contributed by atoms with E-state index in [0.29, 0.717) is 28.7 Å². The van der Waals surface area contributed by atoms with Crippen molar-refractivity contribution in [3.8, 4) is 17.2 Å². The molecule has 28 heavy (non-hydrogen) atoms. The first-order valence-electron chi connectivity index (χ1n) is 8.73. The van der Waals surface area contributed by atoms with E-state index in [0.717, 1.165) is 5.75 Å². The van der Waals surface area contributed by atoms with Crippen molar-refractivity contribution >= 4 is 23.4 Å². The van der Waals surface area contributed by atoms with Crippen molar-refractivity contribution in [3.05, 3.63) is 53.1 Å². The third-order valence-electron chi connectivity index (χ3n) is 3.74. The molecule has 1 atom stereocenters. The predicted octanol–water partition coefficient (Wildman–Crippen LogP) is 2.90. The molecule has 2 N–H and O–H groups in total. The highest BCUT2D eigenvalue weighted by molar-refractivity contribution is 6.30. The molecule has 0 aliphatic heterocycles. The van der Waals surface area contributed by atoms with Crippen LogP contribution in [0, 0.1) is 0 Å². The van der Waals surface area contributed by atoms with Gasteiger partial charge in [-0.1, -0.05) is 11.6 Å². The van der Waals surface area contributed by atoms with Gasteiger partial charge in [-0.15, -0.1) is 0 Å². The average molecular weight is 407 g/mol. The molecule has 8 heteroatoms. The van der Waals surface area contributed by atoms with Crippen LogP contribution in [0.5, 0.6) is 17.2 Å². The third-order valence-corrected chi connectivity index (χ3v) is 3.97. The first-order valence-corrected chi connectivity index (χ1v) is 9.11. The maximum Gasteiger partial charge on any atom is 0.279 e. The molecule has 2 aromatic rings. The molecule has 0 saturated heterocycles. The Morgan fingerprint density at radius 2 is 1.75 bits per heavy atom. The van der Waals surface area contributed by atoms with Crippen LogP contribution in [-0.2, 0) is 16.0 Å². The van der Waals surface area contributed by atoms with Crippen LogP contribution in [-0.4, -0.2) is 31.6 Å². The Labute approximate surface area is 168 Å². The summed E-state index contributed by atoms with van der Waals surface area (Å²) in [5.74, 6) is 0.873. The summed E-state index contributed by atoms with van der Waals surface area (Å²) in [5, 5.41) is 0.491. The first-order chi connectivity index (χ1) is 13.4. The van der Waals surface area contributed by atoms with E-state index in [4.69, 9.17) is 25.8 Å². The van der Waals surface area contributed by atoms with Gasteiger partial charge in [0.15, 0.2) is 6.10 Å². The second-order valence-electron chi connectivity index (χ2n) is 5.83. The van der Waals surface area contributed by atoms with Gasteiger partial charge in [0.1, 0.15) is 17.2 Å². The van der Waals surface area contributed by atoms with Crippen LogP contribution < -0.4 is 25.1 Å². The smallest absolute Gasteiger partial charge is 0.279 e. The number of amides is 2. The van der Waals surface area contributed by atoms with E-state index >= 15 is 0 Å². The van der Waals surface area contributed by atoms with Gasteiger partial charge in [0, 0.05) is 10.6 Å². The normalized spacial score (nSPS) is 11.3. The Morgan fingerprint density at radius 3 is 2.39 bits per heavy atom. The zero-order chi connectivity index (χ0) is 20.5. The summed E-state index contributed by atoms with van der Waals surface area (Å²) in [7, 11) is 1.51. The summed E-state index contributed by atoms with van der Waals surface area (Å²) in [6.07, 6.45) is -0.808. The average Bonchev–Trinajstić information content (AvgIpc) is 2.68. The van der Waals surface area contributed by atoms with E-state index in [1.54, 1.807) is 49.4 Å². The molecule has 7 nitrogen and oxygen atoms in total. The lowest BCUT2D eigenvalue weighted by Crippen LogP contribution is -2.47. The fraction of sp³-hybridized carbons (Fsp3) is 0.300. The Balaban J connectivity index is 1.83. The van der Waals surface area contributed by atoms with Crippen molar-refractivity contribution in [2.24, 2.45) is 0 Å². The minimum Gasteiger partial charge on any atom is -0.496 e. The number of hydrogen-bond acceptors (Lipinski definition) is 5. The van der Waals surface area contributed by atoms with Gasteiger partial charge in [0.05, 0.1) is 20.1 Å². The maximum absolute atomic E-state index is 12.1. The van der Waals surface area contributed by atoms with Gasteiger partial charge in [0.2, 0.25) is 5.91 Å². The molecule has 0 unspecified atom stereocenters. The molecular weight excluding hydrogens is 384 g/mol. The number of carbonyl (C=O) groups is 2. The zero-order valence-corrected chi connectivity index (χ0v) is 16.7. The van der Waals surface area contributed by atoms with Gasteiger partial charge < -0.3 is 14.2 Å². The Bertz CT molecular complexity index is 811. The standard InChI is InChI=1S/C20H23ClN2O5/c1-4-27-16-6-8-17(9-7-16)28-13(2)20(25)23-22-19(24)12-14-11-15(21)5-10-18(14)26-3/h5-11,13H,4,12H2,1-3H3,(H,22,24)(H,23,25)/t13-/m1/s1. The largest absolute Gasteiger partial charge is 0.496 e. The molecule has 0 aliphatic rings. The topological polar surface area (TPSA) is 85.9 Å². The van der Waals surface area contributed by atoms with E-state index in [9.17, 15) is 9.59 Å². The van der Waals surface area contributed by atoms with Crippen molar-refractivity contribution in [3.63, 3.8) is 0 Å². The molecule has 0 spiro atoms. The molecule has 0 aliphatic carbocycles. The molecule has 2 rings (SSSR count). The molecule has 150 valence electrons. The van der Waals surface area contributed by atoms with Crippen molar-refractivity contribution < 1.29 is 23.8 Å². The van der Waals surface area contributed by atoms with Gasteiger partial charge >= 0.3 is 0 Å². The SMILES string of the molecule is CCOc1ccc(O[C@H](C)C(=O)NNC(=O)Cc2cc(Cl)ccc2OC)cc1. The fourth-order valence-electron chi connectivity index (χ4n) is 2.37. The number of hydrogen-bond donors (Lipinski definition) is 2. The lowest BCUT2D eigenvalue weighted by molar-refractivity contribution is -0.132. The van der Waals surface area contributed by atoms with E-state index in [-0.39, 0.29) is 6.42 Å². The summed E-state index contributed by atoms with van der Waals surface area (Å²) < 4.78 is 16.1. The molecule has 2 aromatic carbocycles. The van der Waals surface area contributed by atoms with Gasteiger partial charge in [-0.3, -0.25) is 20.4 Å². The number of rotatable bonds is 8. The Morgan fingerprint density at radius 1 is 1.07 bits per heavy atom. The number of ether oxygens (including phenoxy) is 3. The summed E-state index contributed by atoms with van der Waals surface area (Å²) in [6, 6.07) is 11.9. The number of nitrogens with one attached hydrogen (secondary N) is 2. The van der Waals surface area contributed by atoms with Crippen LogP contribution in [0.3, 0.4) is 0 Å². The molecule has 0 radical (unpaired) electrons. The Hall–Kier alpha value is -2.93. The molecule has 0 bridgehead atoms. The van der Waals surface area contributed by atoms with Crippen LogP contribution in [0.4, 0.5) is 0 Å². The van der Waals surface area contributed by atoms with E-state index < -0.39 is 17.9 Å². The monoisotopic (exact) mass is 406 g/mol. The number of hydrazine groups is 1. The summed E-state index contributed by atoms with van der Waals surface area (Å²) in [4.78, 5) is 24.2. The molecule has 0 saturated carbocycles. The predicted molar refractivity (Wildman–Crippen MR) is 106 cm³/mol. The lowest BCUT2D eigenvalue weighted by Gasteiger charge is -2.16. The van der Waals surface area contributed by atoms with Crippen molar-refractivity contribution in [2.75, 3.05) is 13.7 Å². The highest BCUT2D eigenvalue weighted by atomic mass is 35.5. The minimum atomic E-state index is -0.807. The van der Waals surface area contributed by atoms with Crippen molar-refractivity contribution in [1.82, 2.24) is 10.9 Å². The second kappa shape index (κ2) is 10.4. The number of halogens is 1. The maximum atomic E-state index is 12.1. The number of methoxy groups -OCH3 is 1. The zero-order valence-electron chi connectivity index (χ0n) is 16.0. The van der Waals surface area contributed by atoms with Crippen LogP contribution in [0.15, 0.2) is 42.5 Å². The minimum absolute atomic E-state index is 0.00184. The lowest BCUT2D eigenvalue weighted by atomic mass is 10.1. The van der Waals surface area contributed by atoms with Gasteiger partial charge in [-0.2, -0.15) is 0 Å². The van der Waals surface area contributed by atoms with E-state index in [1.165, 1.54) is 7.11 Å². The summed E-state index contributed by atoms with van der Waals surface area (Å²) in [5.41, 5.74) is 5.31. The molecule has 0 heterocycles. The van der Waals surface area contributed by atoms with Gasteiger partial charge in [-0.25, -0.2) is 0 Å². The van der Waals surface area contributed by atoms with E-state index in [2.05, 4.69) is 10.9 Å².